The van der Waals surface area contributed by atoms with Crippen LogP contribution in [0.3, 0.4) is 0 Å². The minimum atomic E-state index is -1.25. The van der Waals surface area contributed by atoms with E-state index in [1.54, 1.807) is 20.8 Å². The molecule has 7 heteroatoms. The Kier molecular flexibility index (Phi) is 7.92. The van der Waals surface area contributed by atoms with Crippen LogP contribution in [0.1, 0.15) is 49.8 Å². The molecule has 0 aliphatic heterocycles. The summed E-state index contributed by atoms with van der Waals surface area (Å²) < 4.78 is 16.3. The first-order valence-corrected chi connectivity index (χ1v) is 12.2. The monoisotopic (exact) mass is 501 g/mol. The first-order valence-electron chi connectivity index (χ1n) is 12.2. The molecule has 4 rings (SSSR count). The Balaban J connectivity index is 1.40. The van der Waals surface area contributed by atoms with Crippen LogP contribution in [0.25, 0.3) is 11.1 Å². The Morgan fingerprint density at radius 1 is 0.811 bits per heavy atom. The third-order valence-electron chi connectivity index (χ3n) is 5.94. The second-order valence-corrected chi connectivity index (χ2v) is 9.91. The number of ether oxygens (including phenoxy) is 3. The highest BCUT2D eigenvalue weighted by molar-refractivity contribution is 5.86. The molecule has 0 spiro atoms. The van der Waals surface area contributed by atoms with Crippen molar-refractivity contribution in [3.05, 3.63) is 95.6 Å². The van der Waals surface area contributed by atoms with E-state index in [9.17, 15) is 14.4 Å². The average Bonchev–Trinajstić information content (AvgIpc) is 3.19. The smallest absolute Gasteiger partial charge is 0.407 e. The fourth-order valence-corrected chi connectivity index (χ4v) is 4.31. The van der Waals surface area contributed by atoms with E-state index >= 15 is 0 Å². The van der Waals surface area contributed by atoms with Gasteiger partial charge in [0.2, 0.25) is 0 Å². The molecule has 1 amide bonds. The molecule has 1 aliphatic carbocycles. The molecule has 0 radical (unpaired) electrons. The second kappa shape index (κ2) is 11.3. The van der Waals surface area contributed by atoms with E-state index in [0.29, 0.717) is 0 Å². The number of fused-ring (bicyclic) bond motifs is 3. The van der Waals surface area contributed by atoms with Gasteiger partial charge in [0.05, 0.1) is 6.42 Å². The van der Waals surface area contributed by atoms with E-state index in [-0.39, 0.29) is 25.6 Å². The predicted molar refractivity (Wildman–Crippen MR) is 139 cm³/mol. The Hall–Kier alpha value is -4.13. The van der Waals surface area contributed by atoms with Gasteiger partial charge in [-0.1, -0.05) is 78.9 Å². The van der Waals surface area contributed by atoms with E-state index in [4.69, 9.17) is 14.2 Å². The van der Waals surface area contributed by atoms with E-state index in [1.807, 2.05) is 78.9 Å². The van der Waals surface area contributed by atoms with Crippen LogP contribution in [-0.4, -0.2) is 36.3 Å². The first kappa shape index (κ1) is 25.9. The molecule has 3 aromatic rings. The van der Waals surface area contributed by atoms with Crippen molar-refractivity contribution in [3.63, 3.8) is 0 Å². The highest BCUT2D eigenvalue weighted by Gasteiger charge is 2.32. The van der Waals surface area contributed by atoms with Gasteiger partial charge in [-0.05, 0) is 48.6 Å². The van der Waals surface area contributed by atoms with Gasteiger partial charge in [0, 0.05) is 5.92 Å². The van der Waals surface area contributed by atoms with Crippen molar-refractivity contribution in [1.82, 2.24) is 5.32 Å². The summed E-state index contributed by atoms with van der Waals surface area (Å²) >= 11 is 0. The SMILES string of the molecule is CC(C)(C)OC(=O)C(CC(=O)OCc1ccccc1)NC(=O)OCC1c2ccccc2-c2ccccc21. The Morgan fingerprint density at radius 2 is 1.38 bits per heavy atom. The van der Waals surface area contributed by atoms with Crippen LogP contribution in [-0.2, 0) is 30.4 Å². The summed E-state index contributed by atoms with van der Waals surface area (Å²) in [6.07, 6.45) is -1.19. The zero-order chi connectivity index (χ0) is 26.4. The number of amides is 1. The van der Waals surface area contributed by atoms with Crippen LogP contribution < -0.4 is 5.32 Å². The van der Waals surface area contributed by atoms with Gasteiger partial charge >= 0.3 is 18.0 Å². The number of hydrogen-bond donors (Lipinski definition) is 1. The third-order valence-corrected chi connectivity index (χ3v) is 5.94. The highest BCUT2D eigenvalue weighted by atomic mass is 16.6. The number of esters is 2. The van der Waals surface area contributed by atoms with Crippen molar-refractivity contribution in [2.24, 2.45) is 0 Å². The molecule has 1 N–H and O–H groups in total. The molecule has 0 aromatic heterocycles. The number of nitrogens with one attached hydrogen (secondary N) is 1. The molecule has 0 fully saturated rings. The predicted octanol–water partition coefficient (Wildman–Crippen LogP) is 5.37. The summed E-state index contributed by atoms with van der Waals surface area (Å²) in [7, 11) is 0. The zero-order valence-corrected chi connectivity index (χ0v) is 21.2. The minimum Gasteiger partial charge on any atom is -0.461 e. The number of carbonyl (C=O) groups is 3. The number of rotatable bonds is 8. The highest BCUT2D eigenvalue weighted by Crippen LogP contribution is 2.44. The fourth-order valence-electron chi connectivity index (χ4n) is 4.31. The average molecular weight is 502 g/mol. The molecule has 3 aromatic carbocycles. The summed E-state index contributed by atoms with van der Waals surface area (Å²) in [5.41, 5.74) is 4.38. The Labute approximate surface area is 216 Å². The lowest BCUT2D eigenvalue weighted by molar-refractivity contribution is -0.161. The molecule has 0 saturated carbocycles. The van der Waals surface area contributed by atoms with E-state index in [0.717, 1.165) is 27.8 Å². The van der Waals surface area contributed by atoms with Gasteiger partial charge in [-0.2, -0.15) is 0 Å². The van der Waals surface area contributed by atoms with E-state index < -0.39 is 29.7 Å². The quantitative estimate of drug-likeness (QED) is 0.330. The van der Waals surface area contributed by atoms with Gasteiger partial charge in [-0.3, -0.25) is 4.79 Å². The van der Waals surface area contributed by atoms with Gasteiger partial charge in [0.15, 0.2) is 0 Å². The molecular formula is C30H31NO6. The molecule has 0 heterocycles. The molecule has 1 unspecified atom stereocenters. The topological polar surface area (TPSA) is 90.9 Å². The molecule has 1 atom stereocenters. The number of alkyl carbamates (subject to hydrolysis) is 1. The number of carbonyl (C=O) groups excluding carboxylic acids is 3. The molecule has 0 saturated heterocycles. The van der Waals surface area contributed by atoms with E-state index in [2.05, 4.69) is 5.32 Å². The Bertz CT molecular complexity index is 1220. The third kappa shape index (κ3) is 6.76. The van der Waals surface area contributed by atoms with Crippen molar-refractivity contribution < 1.29 is 28.6 Å². The summed E-state index contributed by atoms with van der Waals surface area (Å²) in [6.45, 7) is 5.28. The standard InChI is InChI=1S/C30H31NO6/c1-30(2,3)37-28(33)26(17-27(32)35-18-20-11-5-4-6-12-20)31-29(34)36-19-25-23-15-9-7-13-21(23)22-14-8-10-16-24(22)25/h4-16,25-26H,17-19H2,1-3H3,(H,31,34). The van der Waals surface area contributed by atoms with Crippen LogP contribution in [0.2, 0.25) is 0 Å². The number of hydrogen-bond acceptors (Lipinski definition) is 6. The molecule has 37 heavy (non-hydrogen) atoms. The van der Waals surface area contributed by atoms with Crippen LogP contribution in [0.15, 0.2) is 78.9 Å². The van der Waals surface area contributed by atoms with Crippen molar-refractivity contribution in [2.45, 2.75) is 51.4 Å². The van der Waals surface area contributed by atoms with Gasteiger partial charge in [0.1, 0.15) is 24.9 Å². The molecule has 192 valence electrons. The molecule has 0 bridgehead atoms. The van der Waals surface area contributed by atoms with Crippen LogP contribution in [0.5, 0.6) is 0 Å². The first-order chi connectivity index (χ1) is 17.7. The number of benzene rings is 3. The maximum atomic E-state index is 12.8. The van der Waals surface area contributed by atoms with Crippen molar-refractivity contribution in [2.75, 3.05) is 6.61 Å². The lowest BCUT2D eigenvalue weighted by Gasteiger charge is -2.24. The molecule has 1 aliphatic rings. The normalized spacial score (nSPS) is 13.2. The summed E-state index contributed by atoms with van der Waals surface area (Å²) in [6, 6.07) is 24.0. The maximum Gasteiger partial charge on any atom is 0.407 e. The Morgan fingerprint density at radius 3 is 1.97 bits per heavy atom. The van der Waals surface area contributed by atoms with Crippen molar-refractivity contribution >= 4 is 18.0 Å². The van der Waals surface area contributed by atoms with Crippen LogP contribution in [0.4, 0.5) is 4.79 Å². The van der Waals surface area contributed by atoms with Crippen molar-refractivity contribution in [1.29, 1.82) is 0 Å². The van der Waals surface area contributed by atoms with Gasteiger partial charge in [-0.15, -0.1) is 0 Å². The lowest BCUT2D eigenvalue weighted by atomic mass is 9.98. The molecular weight excluding hydrogens is 470 g/mol. The maximum absolute atomic E-state index is 12.8. The van der Waals surface area contributed by atoms with Gasteiger partial charge in [0.25, 0.3) is 0 Å². The summed E-state index contributed by atoms with van der Waals surface area (Å²) in [4.78, 5) is 38.1. The summed E-state index contributed by atoms with van der Waals surface area (Å²) in [5.74, 6) is -1.51. The van der Waals surface area contributed by atoms with Gasteiger partial charge < -0.3 is 19.5 Å². The molecule has 7 nitrogen and oxygen atoms in total. The zero-order valence-electron chi connectivity index (χ0n) is 21.2. The fraction of sp³-hybridized carbons (Fsp3) is 0.300. The second-order valence-electron chi connectivity index (χ2n) is 9.91. The van der Waals surface area contributed by atoms with Crippen LogP contribution in [0, 0.1) is 0 Å². The minimum absolute atomic E-state index is 0.0612. The largest absolute Gasteiger partial charge is 0.461 e. The van der Waals surface area contributed by atoms with Crippen LogP contribution >= 0.6 is 0 Å². The van der Waals surface area contributed by atoms with Crippen molar-refractivity contribution in [3.8, 4) is 11.1 Å². The van der Waals surface area contributed by atoms with Gasteiger partial charge in [-0.25, -0.2) is 9.59 Å². The summed E-state index contributed by atoms with van der Waals surface area (Å²) in [5, 5.41) is 2.50. The lowest BCUT2D eigenvalue weighted by Crippen LogP contribution is -2.46. The van der Waals surface area contributed by atoms with E-state index in [1.165, 1.54) is 0 Å².